The van der Waals surface area contributed by atoms with Gasteiger partial charge in [-0.05, 0) is 30.4 Å². The van der Waals surface area contributed by atoms with Gasteiger partial charge in [-0.1, -0.05) is 49.4 Å². The van der Waals surface area contributed by atoms with Gasteiger partial charge >= 0.3 is 0 Å². The summed E-state index contributed by atoms with van der Waals surface area (Å²) >= 11 is 1.79. The monoisotopic (exact) mass is 192 g/mol. The van der Waals surface area contributed by atoms with Crippen LogP contribution in [0.5, 0.6) is 0 Å². The molecule has 0 aliphatic rings. The van der Waals surface area contributed by atoms with Crippen molar-refractivity contribution in [1.29, 1.82) is 0 Å². The normalized spacial score (nSPS) is 12.2. The fourth-order valence-electron chi connectivity index (χ4n) is 0.796. The van der Waals surface area contributed by atoms with Crippen molar-refractivity contribution in [3.05, 3.63) is 41.3 Å². The lowest BCUT2D eigenvalue weighted by atomic mass is 10.1. The number of thioether (sulfide) groups is 1. The van der Waals surface area contributed by atoms with Gasteiger partial charge in [0.15, 0.2) is 0 Å². The quantitative estimate of drug-likeness (QED) is 0.642. The third-order valence-corrected chi connectivity index (χ3v) is 3.07. The van der Waals surface area contributed by atoms with Crippen LogP contribution in [-0.2, 0) is 0 Å². The molecule has 0 aliphatic carbocycles. The van der Waals surface area contributed by atoms with Crippen LogP contribution in [0.15, 0.2) is 46.2 Å². The van der Waals surface area contributed by atoms with E-state index >= 15 is 0 Å². The molecule has 0 N–H and O–H groups in total. The minimum absolute atomic E-state index is 0.649. The molecular formula is C12H16S. The van der Waals surface area contributed by atoms with Crippen molar-refractivity contribution in [2.45, 2.75) is 25.7 Å². The molecule has 0 bridgehead atoms. The summed E-state index contributed by atoms with van der Waals surface area (Å²) in [5, 5.41) is 2.24. The molecule has 0 fully saturated rings. The summed E-state index contributed by atoms with van der Waals surface area (Å²) in [4.78, 5) is 1.31. The number of hydrogen-bond donors (Lipinski definition) is 0. The predicted molar refractivity (Wildman–Crippen MR) is 60.9 cm³/mol. The molecule has 0 nitrogen and oxygen atoms in total. The van der Waals surface area contributed by atoms with Crippen LogP contribution in [0, 0.1) is 5.92 Å². The van der Waals surface area contributed by atoms with Crippen LogP contribution in [0.3, 0.4) is 0 Å². The highest BCUT2D eigenvalue weighted by Crippen LogP contribution is 2.22. The number of hydrogen-bond acceptors (Lipinski definition) is 1. The van der Waals surface area contributed by atoms with E-state index in [1.54, 1.807) is 11.8 Å². The summed E-state index contributed by atoms with van der Waals surface area (Å²) in [6.45, 7) is 6.62. The van der Waals surface area contributed by atoms with Gasteiger partial charge in [0.25, 0.3) is 0 Å². The molecule has 70 valence electrons. The topological polar surface area (TPSA) is 0 Å². The van der Waals surface area contributed by atoms with E-state index in [0.29, 0.717) is 5.92 Å². The third kappa shape index (κ3) is 3.69. The molecule has 0 aliphatic heterocycles. The van der Waals surface area contributed by atoms with Crippen LogP contribution in [-0.4, -0.2) is 0 Å². The van der Waals surface area contributed by atoms with Crippen LogP contribution in [0.1, 0.15) is 20.8 Å². The Kier molecular flexibility index (Phi) is 4.10. The van der Waals surface area contributed by atoms with E-state index in [1.807, 2.05) is 6.07 Å². The average Bonchev–Trinajstić information content (AvgIpc) is 2.15. The van der Waals surface area contributed by atoms with Gasteiger partial charge in [0, 0.05) is 4.90 Å². The van der Waals surface area contributed by atoms with Gasteiger partial charge in [0.2, 0.25) is 0 Å². The molecule has 1 heteroatoms. The van der Waals surface area contributed by atoms with Crippen LogP contribution in [0.25, 0.3) is 0 Å². The fraction of sp³-hybridized carbons (Fsp3) is 0.333. The van der Waals surface area contributed by atoms with Gasteiger partial charge in [-0.3, -0.25) is 0 Å². The van der Waals surface area contributed by atoms with Crippen molar-refractivity contribution in [2.24, 2.45) is 5.92 Å². The average molecular weight is 192 g/mol. The molecular weight excluding hydrogens is 176 g/mol. The molecule has 0 saturated carbocycles. The van der Waals surface area contributed by atoms with Crippen molar-refractivity contribution in [3.63, 3.8) is 0 Å². The maximum absolute atomic E-state index is 2.24. The minimum atomic E-state index is 0.649. The Morgan fingerprint density at radius 3 is 2.38 bits per heavy atom. The SMILES string of the molecule is C/C(=C/Sc1ccccc1)C(C)C. The first-order valence-electron chi connectivity index (χ1n) is 4.58. The highest BCUT2D eigenvalue weighted by Gasteiger charge is 1.95. The fourth-order valence-corrected chi connectivity index (χ4v) is 1.70. The van der Waals surface area contributed by atoms with E-state index < -0.39 is 0 Å². The molecule has 0 saturated heterocycles. The van der Waals surface area contributed by atoms with E-state index in [2.05, 4.69) is 50.4 Å². The zero-order chi connectivity index (χ0) is 9.68. The standard InChI is InChI=1S/C12H16S/c1-10(2)11(3)9-13-12-7-5-4-6-8-12/h4-10H,1-3H3/b11-9-. The second kappa shape index (κ2) is 5.13. The summed E-state index contributed by atoms with van der Waals surface area (Å²) in [5.41, 5.74) is 1.44. The van der Waals surface area contributed by atoms with Gasteiger partial charge in [0.05, 0.1) is 0 Å². The van der Waals surface area contributed by atoms with E-state index in [0.717, 1.165) is 0 Å². The Balaban J connectivity index is 2.57. The molecule has 0 spiro atoms. The van der Waals surface area contributed by atoms with E-state index in [4.69, 9.17) is 0 Å². The predicted octanol–water partition coefficient (Wildman–Crippen LogP) is 4.34. The van der Waals surface area contributed by atoms with E-state index in [1.165, 1.54) is 10.5 Å². The summed E-state index contributed by atoms with van der Waals surface area (Å²) < 4.78 is 0. The second-order valence-corrected chi connectivity index (χ2v) is 4.39. The largest absolute Gasteiger partial charge is 0.0981 e. The lowest BCUT2D eigenvalue weighted by Gasteiger charge is -2.03. The van der Waals surface area contributed by atoms with Crippen molar-refractivity contribution >= 4 is 11.8 Å². The maximum atomic E-state index is 2.24. The molecule has 1 rings (SSSR count). The summed E-state index contributed by atoms with van der Waals surface area (Å²) in [7, 11) is 0. The summed E-state index contributed by atoms with van der Waals surface area (Å²) in [6, 6.07) is 10.5. The highest BCUT2D eigenvalue weighted by atomic mass is 32.2. The van der Waals surface area contributed by atoms with Crippen molar-refractivity contribution < 1.29 is 0 Å². The highest BCUT2D eigenvalue weighted by molar-refractivity contribution is 8.02. The van der Waals surface area contributed by atoms with Crippen LogP contribution in [0.2, 0.25) is 0 Å². The Bertz CT molecular complexity index is 272. The smallest absolute Gasteiger partial charge is 0.0116 e. The zero-order valence-corrected chi connectivity index (χ0v) is 9.27. The molecule has 0 radical (unpaired) electrons. The zero-order valence-electron chi connectivity index (χ0n) is 8.45. The molecule has 0 amide bonds. The van der Waals surface area contributed by atoms with Gasteiger partial charge in [-0.25, -0.2) is 0 Å². The summed E-state index contributed by atoms with van der Waals surface area (Å²) in [5.74, 6) is 0.649. The molecule has 0 unspecified atom stereocenters. The number of allylic oxidation sites excluding steroid dienone is 1. The molecule has 1 aromatic rings. The summed E-state index contributed by atoms with van der Waals surface area (Å²) in [6.07, 6.45) is 0. The van der Waals surface area contributed by atoms with Crippen LogP contribution in [0.4, 0.5) is 0 Å². The number of rotatable bonds is 3. The van der Waals surface area contributed by atoms with E-state index in [-0.39, 0.29) is 0 Å². The van der Waals surface area contributed by atoms with Crippen molar-refractivity contribution in [3.8, 4) is 0 Å². The molecule has 13 heavy (non-hydrogen) atoms. The van der Waals surface area contributed by atoms with E-state index in [9.17, 15) is 0 Å². The van der Waals surface area contributed by atoms with Gasteiger partial charge in [-0.15, -0.1) is 0 Å². The Labute approximate surface area is 85.1 Å². The van der Waals surface area contributed by atoms with Gasteiger partial charge in [0.1, 0.15) is 0 Å². The first-order chi connectivity index (χ1) is 6.20. The van der Waals surface area contributed by atoms with Crippen LogP contribution >= 0.6 is 11.8 Å². The molecule has 1 aromatic carbocycles. The van der Waals surface area contributed by atoms with Crippen molar-refractivity contribution in [1.82, 2.24) is 0 Å². The number of benzene rings is 1. The Morgan fingerprint density at radius 1 is 1.23 bits per heavy atom. The van der Waals surface area contributed by atoms with Gasteiger partial charge < -0.3 is 0 Å². The Morgan fingerprint density at radius 2 is 1.85 bits per heavy atom. The van der Waals surface area contributed by atoms with Gasteiger partial charge in [-0.2, -0.15) is 0 Å². The lowest BCUT2D eigenvalue weighted by Crippen LogP contribution is -1.86. The molecule has 0 atom stereocenters. The molecule has 0 aromatic heterocycles. The van der Waals surface area contributed by atoms with Crippen molar-refractivity contribution in [2.75, 3.05) is 0 Å². The minimum Gasteiger partial charge on any atom is -0.0981 e. The lowest BCUT2D eigenvalue weighted by molar-refractivity contribution is 0.772. The molecule has 0 heterocycles. The third-order valence-electron chi connectivity index (χ3n) is 2.03. The first kappa shape index (κ1) is 10.4. The maximum Gasteiger partial charge on any atom is 0.0116 e. The first-order valence-corrected chi connectivity index (χ1v) is 5.46. The van der Waals surface area contributed by atoms with Crippen LogP contribution < -0.4 is 0 Å². The Hall–Kier alpha value is -0.690. The second-order valence-electron chi connectivity index (χ2n) is 3.45.